The minimum absolute atomic E-state index is 0.243. The summed E-state index contributed by atoms with van der Waals surface area (Å²) in [6, 6.07) is 23.0. The summed E-state index contributed by atoms with van der Waals surface area (Å²) in [7, 11) is 0. The van der Waals surface area contributed by atoms with Crippen molar-refractivity contribution in [2.75, 3.05) is 23.0 Å². The lowest BCUT2D eigenvalue weighted by atomic mass is 9.95. The van der Waals surface area contributed by atoms with Crippen LogP contribution in [0, 0.1) is 6.92 Å². The summed E-state index contributed by atoms with van der Waals surface area (Å²) in [6.45, 7) is 8.91. The maximum atomic E-state index is 13.9. The summed E-state index contributed by atoms with van der Waals surface area (Å²) in [5.41, 5.74) is 5.07. The Balaban J connectivity index is 1.46. The SMILES string of the molecule is CCOc1ccccc1NC(=O)C1=C(C)Nc2nc(SCC)nn2C1c1ccc(OCc2cccc(C)c2)cc1. The van der Waals surface area contributed by atoms with Gasteiger partial charge in [-0.15, -0.1) is 5.10 Å². The molecule has 0 bridgehead atoms. The fraction of sp³-hybridized carbons (Fsp3) is 0.258. The third-order valence-corrected chi connectivity index (χ3v) is 7.19. The van der Waals surface area contributed by atoms with E-state index in [9.17, 15) is 4.79 Å². The van der Waals surface area contributed by atoms with Crippen LogP contribution in [-0.4, -0.2) is 33.0 Å². The summed E-state index contributed by atoms with van der Waals surface area (Å²) in [6.07, 6.45) is 0. The van der Waals surface area contributed by atoms with Crippen LogP contribution in [0.25, 0.3) is 0 Å². The minimum atomic E-state index is -0.486. The lowest BCUT2D eigenvalue weighted by Crippen LogP contribution is -2.31. The summed E-state index contributed by atoms with van der Waals surface area (Å²) in [5, 5.41) is 11.8. The van der Waals surface area contributed by atoms with Gasteiger partial charge in [-0.2, -0.15) is 4.98 Å². The molecule has 8 nitrogen and oxygen atoms in total. The van der Waals surface area contributed by atoms with Crippen LogP contribution in [0.5, 0.6) is 11.5 Å². The number of anilines is 2. The van der Waals surface area contributed by atoms with E-state index in [4.69, 9.17) is 14.6 Å². The second-order valence-corrected chi connectivity index (χ2v) is 10.6. The van der Waals surface area contributed by atoms with Gasteiger partial charge in [0.25, 0.3) is 5.91 Å². The Morgan fingerprint density at radius 3 is 2.58 bits per heavy atom. The Morgan fingerprint density at radius 1 is 1.02 bits per heavy atom. The molecule has 2 heterocycles. The van der Waals surface area contributed by atoms with Gasteiger partial charge in [-0.3, -0.25) is 4.79 Å². The van der Waals surface area contributed by atoms with Gasteiger partial charge < -0.3 is 20.1 Å². The number of carbonyl (C=O) groups excluding carboxylic acids is 1. The predicted molar refractivity (Wildman–Crippen MR) is 159 cm³/mol. The highest BCUT2D eigenvalue weighted by Gasteiger charge is 2.34. The number of hydrogen-bond donors (Lipinski definition) is 2. The number of fused-ring (bicyclic) bond motifs is 1. The van der Waals surface area contributed by atoms with Gasteiger partial charge in [-0.25, -0.2) is 4.68 Å². The first-order chi connectivity index (χ1) is 19.5. The molecule has 1 aromatic heterocycles. The molecule has 0 fully saturated rings. The average molecular weight is 556 g/mol. The maximum Gasteiger partial charge on any atom is 0.255 e. The molecule has 5 rings (SSSR count). The van der Waals surface area contributed by atoms with E-state index in [0.29, 0.717) is 47.0 Å². The molecule has 0 saturated heterocycles. The monoisotopic (exact) mass is 555 g/mol. The van der Waals surface area contributed by atoms with Crippen LogP contribution in [0.4, 0.5) is 11.6 Å². The largest absolute Gasteiger partial charge is 0.492 e. The van der Waals surface area contributed by atoms with E-state index in [1.807, 2.05) is 68.4 Å². The molecule has 0 radical (unpaired) electrons. The first-order valence-corrected chi connectivity index (χ1v) is 14.3. The van der Waals surface area contributed by atoms with Gasteiger partial charge in [0, 0.05) is 5.70 Å². The van der Waals surface area contributed by atoms with Crippen molar-refractivity contribution < 1.29 is 14.3 Å². The van der Waals surface area contributed by atoms with Gasteiger partial charge in [0.2, 0.25) is 11.1 Å². The van der Waals surface area contributed by atoms with Crippen LogP contribution < -0.4 is 20.1 Å². The van der Waals surface area contributed by atoms with Crippen LogP contribution >= 0.6 is 11.8 Å². The number of amides is 1. The van der Waals surface area contributed by atoms with Crippen LogP contribution in [-0.2, 0) is 11.4 Å². The number of nitrogens with one attached hydrogen (secondary N) is 2. The summed E-state index contributed by atoms with van der Waals surface area (Å²) < 4.78 is 13.6. The third kappa shape index (κ3) is 5.99. The Kier molecular flexibility index (Phi) is 8.40. The van der Waals surface area contributed by atoms with Crippen molar-refractivity contribution in [3.8, 4) is 11.5 Å². The number of benzene rings is 3. The van der Waals surface area contributed by atoms with Gasteiger partial charge >= 0.3 is 0 Å². The molecule has 1 amide bonds. The predicted octanol–water partition coefficient (Wildman–Crippen LogP) is 6.60. The number of rotatable bonds is 10. The Morgan fingerprint density at radius 2 is 1.82 bits per heavy atom. The summed E-state index contributed by atoms with van der Waals surface area (Å²) >= 11 is 1.56. The Bertz CT molecular complexity index is 1530. The molecule has 1 unspecified atom stereocenters. The Labute approximate surface area is 238 Å². The van der Waals surface area contributed by atoms with Gasteiger partial charge in [-0.1, -0.05) is 72.8 Å². The van der Waals surface area contributed by atoms with Crippen molar-refractivity contribution >= 4 is 29.3 Å². The number of aromatic nitrogens is 3. The molecule has 40 heavy (non-hydrogen) atoms. The molecule has 0 aliphatic carbocycles. The summed E-state index contributed by atoms with van der Waals surface area (Å²) in [4.78, 5) is 18.5. The van der Waals surface area contributed by atoms with Crippen LogP contribution in [0.2, 0.25) is 0 Å². The molecule has 1 aliphatic rings. The van der Waals surface area contributed by atoms with Crippen LogP contribution in [0.15, 0.2) is 89.2 Å². The summed E-state index contributed by atoms with van der Waals surface area (Å²) in [5.74, 6) is 2.57. The van der Waals surface area contributed by atoms with E-state index >= 15 is 0 Å². The number of aryl methyl sites for hydroxylation is 1. The van der Waals surface area contributed by atoms with Gasteiger partial charge in [-0.05, 0) is 61.9 Å². The normalized spacial score (nSPS) is 14.3. The minimum Gasteiger partial charge on any atom is -0.492 e. The zero-order valence-corrected chi connectivity index (χ0v) is 23.9. The number of ether oxygens (including phenoxy) is 2. The second kappa shape index (κ2) is 12.3. The van der Waals surface area contributed by atoms with E-state index < -0.39 is 6.04 Å². The van der Waals surface area contributed by atoms with Crippen LogP contribution in [0.3, 0.4) is 0 Å². The van der Waals surface area contributed by atoms with Crippen molar-refractivity contribution in [1.29, 1.82) is 0 Å². The smallest absolute Gasteiger partial charge is 0.255 e. The molecule has 1 aliphatic heterocycles. The fourth-order valence-corrected chi connectivity index (χ4v) is 5.23. The number of hydrogen-bond acceptors (Lipinski definition) is 7. The first kappa shape index (κ1) is 27.3. The number of allylic oxidation sites excluding steroid dienone is 1. The van der Waals surface area contributed by atoms with Crippen molar-refractivity contribution in [1.82, 2.24) is 14.8 Å². The van der Waals surface area contributed by atoms with Crippen molar-refractivity contribution in [3.63, 3.8) is 0 Å². The van der Waals surface area contributed by atoms with Crippen LogP contribution in [0.1, 0.15) is 43.5 Å². The molecule has 2 N–H and O–H groups in total. The maximum absolute atomic E-state index is 13.9. The highest BCUT2D eigenvalue weighted by Crippen LogP contribution is 2.38. The molecular formula is C31H33N5O3S. The molecular weight excluding hydrogens is 522 g/mol. The molecule has 206 valence electrons. The second-order valence-electron chi connectivity index (χ2n) is 9.39. The standard InChI is InChI=1S/C31H33N5O3S/c1-5-38-26-13-8-7-12-25(26)33-29(37)27-21(4)32-30-34-31(40-6-2)35-36(30)28(27)23-14-16-24(17-15-23)39-19-22-11-9-10-20(3)18-22/h7-18,28H,5-6,19H2,1-4H3,(H,33,37)(H,32,34,35). The van der Waals surface area contributed by atoms with Crippen molar-refractivity contribution in [2.24, 2.45) is 0 Å². The zero-order valence-electron chi connectivity index (χ0n) is 23.1. The fourth-order valence-electron chi connectivity index (χ4n) is 4.68. The first-order valence-electron chi connectivity index (χ1n) is 13.4. The van der Waals surface area contributed by atoms with Gasteiger partial charge in [0.15, 0.2) is 0 Å². The number of para-hydroxylation sites is 2. The molecule has 9 heteroatoms. The topological polar surface area (TPSA) is 90.3 Å². The average Bonchev–Trinajstić information content (AvgIpc) is 3.34. The highest BCUT2D eigenvalue weighted by molar-refractivity contribution is 7.99. The number of nitrogens with zero attached hydrogens (tertiary/aromatic N) is 3. The quantitative estimate of drug-likeness (QED) is 0.213. The van der Waals surface area contributed by atoms with E-state index in [0.717, 1.165) is 22.6 Å². The van der Waals surface area contributed by atoms with E-state index in [-0.39, 0.29) is 5.91 Å². The Hall–Kier alpha value is -4.24. The molecule has 3 aromatic carbocycles. The molecule has 1 atom stereocenters. The zero-order chi connectivity index (χ0) is 28.1. The highest BCUT2D eigenvalue weighted by atomic mass is 32.2. The lowest BCUT2D eigenvalue weighted by molar-refractivity contribution is -0.113. The third-order valence-electron chi connectivity index (χ3n) is 6.47. The molecule has 0 spiro atoms. The van der Waals surface area contributed by atoms with Gasteiger partial charge in [0.05, 0.1) is 17.9 Å². The van der Waals surface area contributed by atoms with Crippen molar-refractivity contribution in [2.45, 2.75) is 45.5 Å². The van der Waals surface area contributed by atoms with E-state index in [2.05, 4.69) is 47.7 Å². The van der Waals surface area contributed by atoms with E-state index in [1.165, 1.54) is 5.56 Å². The number of thioether (sulfide) groups is 1. The molecule has 0 saturated carbocycles. The number of carbonyl (C=O) groups is 1. The van der Waals surface area contributed by atoms with E-state index in [1.54, 1.807) is 16.4 Å². The van der Waals surface area contributed by atoms with Crippen molar-refractivity contribution in [3.05, 3.63) is 101 Å². The molecule has 4 aromatic rings. The van der Waals surface area contributed by atoms with Gasteiger partial charge in [0.1, 0.15) is 24.1 Å². The lowest BCUT2D eigenvalue weighted by Gasteiger charge is -2.29.